The van der Waals surface area contributed by atoms with Gasteiger partial charge in [0.1, 0.15) is 0 Å². The first-order valence-electron chi connectivity index (χ1n) is 6.94. The van der Waals surface area contributed by atoms with Crippen LogP contribution in [-0.4, -0.2) is 28.4 Å². The third-order valence-electron chi connectivity index (χ3n) is 4.13. The third kappa shape index (κ3) is 3.60. The largest absolute Gasteiger partial charge is 0.504 e. The lowest BCUT2D eigenvalue weighted by Crippen LogP contribution is -2.32. The van der Waals surface area contributed by atoms with Crippen molar-refractivity contribution in [2.24, 2.45) is 11.7 Å². The van der Waals surface area contributed by atoms with Gasteiger partial charge in [-0.2, -0.15) is 0 Å². The Balaban J connectivity index is 0.00000242. The molecule has 124 valence electrons. The number of phenolic OH excluding ortho intramolecular Hbond substituents is 1. The van der Waals surface area contributed by atoms with Gasteiger partial charge < -0.3 is 20.7 Å². The number of phenols is 1. The van der Waals surface area contributed by atoms with Crippen LogP contribution in [0.1, 0.15) is 37.3 Å². The molecule has 0 unspecified atom stereocenters. The van der Waals surface area contributed by atoms with Gasteiger partial charge in [-0.25, -0.2) is 0 Å². The second-order valence-corrected chi connectivity index (χ2v) is 5.40. The number of aliphatic hydroxyl groups is 1. The van der Waals surface area contributed by atoms with Gasteiger partial charge in [0, 0.05) is 11.6 Å². The summed E-state index contributed by atoms with van der Waals surface area (Å²) in [5.74, 6) is -0.217. The first-order chi connectivity index (χ1) is 9.95. The van der Waals surface area contributed by atoms with Crippen molar-refractivity contribution in [2.45, 2.75) is 37.8 Å². The number of hydrogen-bond donors (Lipinski definition) is 3. The fourth-order valence-electron chi connectivity index (χ4n) is 2.91. The normalized spacial score (nSPS) is 17.6. The second-order valence-electron chi connectivity index (χ2n) is 5.40. The third-order valence-corrected chi connectivity index (χ3v) is 4.13. The van der Waals surface area contributed by atoms with Gasteiger partial charge in [-0.3, -0.25) is 10.1 Å². The minimum atomic E-state index is -0.887. The number of halogens is 1. The molecule has 4 N–H and O–H groups in total. The highest BCUT2D eigenvalue weighted by Gasteiger charge is 2.32. The zero-order valence-corrected chi connectivity index (χ0v) is 13.1. The number of hydrogen-bond acceptors (Lipinski definition) is 6. The van der Waals surface area contributed by atoms with Crippen LogP contribution in [0.25, 0.3) is 0 Å². The number of non-ortho nitro benzene ring substituents is 1. The Morgan fingerprint density at radius 1 is 1.41 bits per heavy atom. The highest BCUT2D eigenvalue weighted by Crippen LogP contribution is 2.40. The molecule has 2 atom stereocenters. The molecule has 1 aliphatic rings. The Hall–Kier alpha value is -1.57. The van der Waals surface area contributed by atoms with Crippen LogP contribution >= 0.6 is 12.4 Å². The average molecular weight is 333 g/mol. The van der Waals surface area contributed by atoms with Crippen molar-refractivity contribution in [3.05, 3.63) is 27.8 Å². The molecule has 0 radical (unpaired) electrons. The molecule has 0 saturated heterocycles. The van der Waals surface area contributed by atoms with Gasteiger partial charge >= 0.3 is 0 Å². The molecule has 0 aromatic heterocycles. The van der Waals surface area contributed by atoms with Crippen LogP contribution in [0.15, 0.2) is 12.1 Å². The van der Waals surface area contributed by atoms with Gasteiger partial charge in [-0.15, -0.1) is 12.4 Å². The maximum Gasteiger partial charge on any atom is 0.273 e. The lowest BCUT2D eigenvalue weighted by atomic mass is 9.90. The van der Waals surface area contributed by atoms with Crippen molar-refractivity contribution >= 4 is 18.1 Å². The summed E-state index contributed by atoms with van der Waals surface area (Å²) in [6.07, 6.45) is 2.99. The van der Waals surface area contributed by atoms with Crippen LogP contribution in [0.5, 0.6) is 11.5 Å². The molecule has 22 heavy (non-hydrogen) atoms. The number of ether oxygens (including phenoxy) is 1. The van der Waals surface area contributed by atoms with E-state index in [2.05, 4.69) is 0 Å². The van der Waals surface area contributed by atoms with Gasteiger partial charge in [-0.05, 0) is 18.8 Å². The van der Waals surface area contributed by atoms with E-state index >= 15 is 0 Å². The summed E-state index contributed by atoms with van der Waals surface area (Å²) in [6.45, 7) is 0. The molecule has 1 aromatic carbocycles. The predicted molar refractivity (Wildman–Crippen MR) is 83.5 cm³/mol. The van der Waals surface area contributed by atoms with E-state index in [0.717, 1.165) is 31.7 Å². The SMILES string of the molecule is COc1cc([N+](=O)[O-])cc([C@@H](N)[C@@H](O)C2CCCC2)c1O.Cl. The number of aromatic hydroxyl groups is 1. The van der Waals surface area contributed by atoms with Gasteiger partial charge in [0.2, 0.25) is 0 Å². The Morgan fingerprint density at radius 3 is 2.50 bits per heavy atom. The number of benzene rings is 1. The minimum absolute atomic E-state index is 0. The molecule has 1 aliphatic carbocycles. The molecule has 1 saturated carbocycles. The number of nitrogens with two attached hydrogens (primary N) is 1. The predicted octanol–water partition coefficient (Wildman–Crippen LogP) is 2.28. The monoisotopic (exact) mass is 332 g/mol. The Bertz CT molecular complexity index is 534. The van der Waals surface area contributed by atoms with E-state index in [0.29, 0.717) is 0 Å². The van der Waals surface area contributed by atoms with E-state index < -0.39 is 17.1 Å². The van der Waals surface area contributed by atoms with Crippen LogP contribution in [0.2, 0.25) is 0 Å². The average Bonchev–Trinajstić information content (AvgIpc) is 2.99. The van der Waals surface area contributed by atoms with Crippen molar-refractivity contribution in [3.8, 4) is 11.5 Å². The van der Waals surface area contributed by atoms with Crippen LogP contribution in [0, 0.1) is 16.0 Å². The van der Waals surface area contributed by atoms with Crippen LogP contribution in [-0.2, 0) is 0 Å². The van der Waals surface area contributed by atoms with Crippen LogP contribution < -0.4 is 10.5 Å². The Kier molecular flexibility index (Phi) is 6.40. The quantitative estimate of drug-likeness (QED) is 0.562. The number of aliphatic hydroxyl groups excluding tert-OH is 1. The standard InChI is InChI=1S/C14H20N2O5.ClH/c1-21-11-7-9(16(19)20)6-10(14(11)18)12(15)13(17)8-4-2-3-5-8;/h6-8,12-13,17-18H,2-5,15H2,1H3;1H/t12-,13+;/m1./s1. The van der Waals surface area contributed by atoms with E-state index in [4.69, 9.17) is 10.5 Å². The fourth-order valence-corrected chi connectivity index (χ4v) is 2.91. The highest BCUT2D eigenvalue weighted by molar-refractivity contribution is 5.85. The zero-order chi connectivity index (χ0) is 15.6. The molecule has 0 spiro atoms. The van der Waals surface area contributed by atoms with E-state index in [9.17, 15) is 20.3 Å². The molecule has 8 heteroatoms. The number of nitrogens with zero attached hydrogens (tertiary/aromatic N) is 1. The summed E-state index contributed by atoms with van der Waals surface area (Å²) in [5, 5.41) is 31.4. The highest BCUT2D eigenvalue weighted by atomic mass is 35.5. The zero-order valence-electron chi connectivity index (χ0n) is 12.3. The number of methoxy groups -OCH3 is 1. The first kappa shape index (κ1) is 18.5. The summed E-state index contributed by atoms with van der Waals surface area (Å²) < 4.78 is 4.94. The summed E-state index contributed by atoms with van der Waals surface area (Å²) in [6, 6.07) is 1.44. The molecule has 1 fully saturated rings. The van der Waals surface area contributed by atoms with E-state index in [-0.39, 0.29) is 41.1 Å². The van der Waals surface area contributed by atoms with Crippen molar-refractivity contribution in [1.82, 2.24) is 0 Å². The van der Waals surface area contributed by atoms with Gasteiger partial charge in [0.05, 0.1) is 30.2 Å². The number of nitro groups is 1. The van der Waals surface area contributed by atoms with E-state index in [1.165, 1.54) is 13.2 Å². The Labute approximate surface area is 134 Å². The van der Waals surface area contributed by atoms with Gasteiger partial charge in [0.15, 0.2) is 11.5 Å². The van der Waals surface area contributed by atoms with Crippen molar-refractivity contribution in [2.75, 3.05) is 7.11 Å². The summed E-state index contributed by atoms with van der Waals surface area (Å²) in [7, 11) is 1.31. The lowest BCUT2D eigenvalue weighted by molar-refractivity contribution is -0.385. The van der Waals surface area contributed by atoms with Crippen molar-refractivity contribution < 1.29 is 19.9 Å². The molecule has 1 aromatic rings. The van der Waals surface area contributed by atoms with E-state index in [1.807, 2.05) is 0 Å². The maximum atomic E-state index is 10.9. The molecule has 0 aliphatic heterocycles. The molecular formula is C14H21ClN2O5. The number of rotatable bonds is 5. The van der Waals surface area contributed by atoms with Crippen LogP contribution in [0.4, 0.5) is 5.69 Å². The lowest BCUT2D eigenvalue weighted by Gasteiger charge is -2.25. The molecule has 2 rings (SSSR count). The topological polar surface area (TPSA) is 119 Å². The summed E-state index contributed by atoms with van der Waals surface area (Å²) in [4.78, 5) is 10.4. The van der Waals surface area contributed by atoms with E-state index in [1.54, 1.807) is 0 Å². The summed E-state index contributed by atoms with van der Waals surface area (Å²) >= 11 is 0. The number of nitro benzene ring substituents is 1. The second kappa shape index (κ2) is 7.62. The van der Waals surface area contributed by atoms with Crippen LogP contribution in [0.3, 0.4) is 0 Å². The minimum Gasteiger partial charge on any atom is -0.504 e. The smallest absolute Gasteiger partial charge is 0.273 e. The maximum absolute atomic E-state index is 10.9. The Morgan fingerprint density at radius 2 is 2.00 bits per heavy atom. The molecule has 0 heterocycles. The van der Waals surface area contributed by atoms with Crippen molar-refractivity contribution in [1.29, 1.82) is 0 Å². The molecule has 0 bridgehead atoms. The van der Waals surface area contributed by atoms with Gasteiger partial charge in [-0.1, -0.05) is 12.8 Å². The van der Waals surface area contributed by atoms with Crippen molar-refractivity contribution in [3.63, 3.8) is 0 Å². The molecule has 0 amide bonds. The summed E-state index contributed by atoms with van der Waals surface area (Å²) in [5.41, 5.74) is 5.93. The first-order valence-corrected chi connectivity index (χ1v) is 6.94. The van der Waals surface area contributed by atoms with Gasteiger partial charge in [0.25, 0.3) is 5.69 Å². The molecular weight excluding hydrogens is 312 g/mol. The fraction of sp³-hybridized carbons (Fsp3) is 0.571. The molecule has 7 nitrogen and oxygen atoms in total.